The average molecular weight is 406 g/mol. The Morgan fingerprint density at radius 2 is 1.79 bits per heavy atom. The van der Waals surface area contributed by atoms with Crippen molar-refractivity contribution in [1.29, 1.82) is 0 Å². The molecule has 2 heterocycles. The topological polar surface area (TPSA) is 51.5 Å². The van der Waals surface area contributed by atoms with Crippen molar-refractivity contribution in [2.45, 2.75) is 44.5 Å². The van der Waals surface area contributed by atoms with Gasteiger partial charge in [0.2, 0.25) is 5.91 Å². The van der Waals surface area contributed by atoms with Gasteiger partial charge in [0.15, 0.2) is 0 Å². The molecule has 0 bridgehead atoms. The number of nitrogens with zero attached hydrogens (tertiary/aromatic N) is 2. The van der Waals surface area contributed by atoms with E-state index < -0.39 is 11.7 Å². The lowest BCUT2D eigenvalue weighted by molar-refractivity contribution is -0.139. The molecule has 4 rings (SSSR count). The van der Waals surface area contributed by atoms with Gasteiger partial charge in [-0.25, -0.2) is 0 Å². The first-order chi connectivity index (χ1) is 13.7. The standard InChI is InChI=1S/C21H21F3N2O3/c1-13-8-17(10-20(28)26(13)16-6-7-16)29-18-11-25(12-18)19(27)9-14-2-4-15(5-3-14)21(22,23)24/h2-5,8,10,16,18H,6-7,9,11-12H2,1H3. The van der Waals surface area contributed by atoms with Crippen molar-refractivity contribution in [3.63, 3.8) is 0 Å². The molecule has 2 aromatic rings. The van der Waals surface area contributed by atoms with Gasteiger partial charge < -0.3 is 14.2 Å². The number of likely N-dealkylation sites (tertiary alicyclic amines) is 1. The number of aryl methyl sites for hydroxylation is 1. The highest BCUT2D eigenvalue weighted by molar-refractivity contribution is 5.79. The van der Waals surface area contributed by atoms with Gasteiger partial charge in [-0.2, -0.15) is 13.2 Å². The molecule has 1 amide bonds. The number of amides is 1. The molecule has 29 heavy (non-hydrogen) atoms. The summed E-state index contributed by atoms with van der Waals surface area (Å²) in [6.07, 6.45) is -2.48. The molecule has 0 spiro atoms. The van der Waals surface area contributed by atoms with Gasteiger partial charge in [0.25, 0.3) is 5.56 Å². The highest BCUT2D eigenvalue weighted by Crippen LogP contribution is 2.35. The zero-order valence-electron chi connectivity index (χ0n) is 15.9. The van der Waals surface area contributed by atoms with Crippen molar-refractivity contribution < 1.29 is 22.7 Å². The SMILES string of the molecule is Cc1cc(OC2CN(C(=O)Cc3ccc(C(F)(F)F)cc3)C2)cc(=O)n1C1CC1. The summed E-state index contributed by atoms with van der Waals surface area (Å²) >= 11 is 0. The second kappa shape index (κ2) is 7.24. The summed E-state index contributed by atoms with van der Waals surface area (Å²) in [7, 11) is 0. The zero-order valence-corrected chi connectivity index (χ0v) is 15.9. The van der Waals surface area contributed by atoms with Crippen LogP contribution >= 0.6 is 0 Å². The molecular weight excluding hydrogens is 385 g/mol. The molecule has 0 atom stereocenters. The minimum absolute atomic E-state index is 0.0431. The molecule has 154 valence electrons. The Balaban J connectivity index is 1.30. The summed E-state index contributed by atoms with van der Waals surface area (Å²) in [5, 5.41) is 0. The van der Waals surface area contributed by atoms with Crippen LogP contribution in [0.25, 0.3) is 0 Å². The third kappa shape index (κ3) is 4.31. The molecule has 1 saturated heterocycles. The number of carbonyl (C=O) groups excluding carboxylic acids is 1. The van der Waals surface area contributed by atoms with Gasteiger partial charge in [-0.05, 0) is 43.5 Å². The number of alkyl halides is 3. The van der Waals surface area contributed by atoms with E-state index >= 15 is 0 Å². The highest BCUT2D eigenvalue weighted by atomic mass is 19.4. The molecule has 5 nitrogen and oxygen atoms in total. The Morgan fingerprint density at radius 3 is 2.34 bits per heavy atom. The molecule has 0 unspecified atom stereocenters. The number of hydrogen-bond donors (Lipinski definition) is 0. The number of pyridine rings is 1. The number of benzene rings is 1. The maximum absolute atomic E-state index is 12.6. The van der Waals surface area contributed by atoms with E-state index in [9.17, 15) is 22.8 Å². The summed E-state index contributed by atoms with van der Waals surface area (Å²) < 4.78 is 45.4. The predicted molar refractivity (Wildman–Crippen MR) is 99.9 cm³/mol. The Hall–Kier alpha value is -2.77. The molecule has 1 aromatic carbocycles. The first-order valence-electron chi connectivity index (χ1n) is 9.54. The maximum atomic E-state index is 12.6. The minimum atomic E-state index is -4.39. The van der Waals surface area contributed by atoms with Crippen LogP contribution in [0.15, 0.2) is 41.2 Å². The van der Waals surface area contributed by atoms with E-state index in [1.807, 2.05) is 13.0 Å². The van der Waals surface area contributed by atoms with Crippen LogP contribution in [0, 0.1) is 6.92 Å². The lowest BCUT2D eigenvalue weighted by atomic mass is 10.1. The van der Waals surface area contributed by atoms with E-state index in [0.717, 1.165) is 30.7 Å². The Morgan fingerprint density at radius 1 is 1.14 bits per heavy atom. The number of carbonyl (C=O) groups is 1. The summed E-state index contributed by atoms with van der Waals surface area (Å²) in [6, 6.07) is 8.24. The fourth-order valence-electron chi connectivity index (χ4n) is 3.56. The van der Waals surface area contributed by atoms with Crippen LogP contribution in [-0.4, -0.2) is 34.6 Å². The van der Waals surface area contributed by atoms with E-state index in [1.54, 1.807) is 9.47 Å². The van der Waals surface area contributed by atoms with Gasteiger partial charge in [0.1, 0.15) is 11.9 Å². The summed E-state index contributed by atoms with van der Waals surface area (Å²) in [5.74, 6) is 0.342. The van der Waals surface area contributed by atoms with Crippen molar-refractivity contribution in [2.75, 3.05) is 13.1 Å². The van der Waals surface area contributed by atoms with Gasteiger partial charge >= 0.3 is 6.18 Å². The Bertz CT molecular complexity index is 972. The lowest BCUT2D eigenvalue weighted by Crippen LogP contribution is -2.56. The quantitative estimate of drug-likeness (QED) is 0.765. The second-order valence-corrected chi connectivity index (χ2v) is 7.68. The third-order valence-electron chi connectivity index (χ3n) is 5.29. The van der Waals surface area contributed by atoms with Crippen molar-refractivity contribution >= 4 is 5.91 Å². The van der Waals surface area contributed by atoms with Gasteiger partial charge in [-0.15, -0.1) is 0 Å². The van der Waals surface area contributed by atoms with E-state index in [0.29, 0.717) is 30.4 Å². The van der Waals surface area contributed by atoms with E-state index in [1.165, 1.54) is 18.2 Å². The van der Waals surface area contributed by atoms with E-state index in [-0.39, 0.29) is 24.0 Å². The molecule has 0 N–H and O–H groups in total. The fraction of sp³-hybridized carbons (Fsp3) is 0.429. The third-order valence-corrected chi connectivity index (χ3v) is 5.29. The van der Waals surface area contributed by atoms with Crippen molar-refractivity contribution in [3.05, 3.63) is 63.6 Å². The van der Waals surface area contributed by atoms with Crippen LogP contribution in [-0.2, 0) is 17.4 Å². The van der Waals surface area contributed by atoms with Gasteiger partial charge in [-0.3, -0.25) is 9.59 Å². The van der Waals surface area contributed by atoms with Gasteiger partial charge in [-0.1, -0.05) is 12.1 Å². The largest absolute Gasteiger partial charge is 0.486 e. The summed E-state index contributed by atoms with van der Waals surface area (Å²) in [5.41, 5.74) is 0.596. The Labute approximate surface area is 165 Å². The molecule has 1 aromatic heterocycles. The van der Waals surface area contributed by atoms with Gasteiger partial charge in [0, 0.05) is 17.8 Å². The van der Waals surface area contributed by atoms with Crippen LogP contribution in [0.2, 0.25) is 0 Å². The molecule has 0 radical (unpaired) electrons. The number of hydrogen-bond acceptors (Lipinski definition) is 3. The van der Waals surface area contributed by atoms with Gasteiger partial charge in [0.05, 0.1) is 25.1 Å². The zero-order chi connectivity index (χ0) is 20.8. The second-order valence-electron chi connectivity index (χ2n) is 7.68. The van der Waals surface area contributed by atoms with E-state index in [4.69, 9.17) is 4.74 Å². The smallest absolute Gasteiger partial charge is 0.416 e. The lowest BCUT2D eigenvalue weighted by Gasteiger charge is -2.39. The van der Waals surface area contributed by atoms with Crippen LogP contribution in [0.4, 0.5) is 13.2 Å². The molecule has 1 saturated carbocycles. The number of aromatic nitrogens is 1. The van der Waals surface area contributed by atoms with E-state index in [2.05, 4.69) is 0 Å². The number of ether oxygens (including phenoxy) is 1. The molecule has 1 aliphatic carbocycles. The Kier molecular flexibility index (Phi) is 4.88. The van der Waals surface area contributed by atoms with Crippen molar-refractivity contribution in [3.8, 4) is 5.75 Å². The minimum Gasteiger partial charge on any atom is -0.486 e. The summed E-state index contributed by atoms with van der Waals surface area (Å²) in [4.78, 5) is 26.1. The van der Waals surface area contributed by atoms with Crippen molar-refractivity contribution in [1.82, 2.24) is 9.47 Å². The van der Waals surface area contributed by atoms with Crippen LogP contribution in [0.5, 0.6) is 5.75 Å². The molecule has 2 fully saturated rings. The van der Waals surface area contributed by atoms with Crippen molar-refractivity contribution in [2.24, 2.45) is 0 Å². The first kappa shape index (κ1) is 19.5. The maximum Gasteiger partial charge on any atom is 0.416 e. The van der Waals surface area contributed by atoms with Crippen LogP contribution in [0.1, 0.15) is 35.7 Å². The normalized spacial score (nSPS) is 17.2. The predicted octanol–water partition coefficient (Wildman–Crippen LogP) is 3.34. The monoisotopic (exact) mass is 406 g/mol. The molecular formula is C21H21F3N2O3. The first-order valence-corrected chi connectivity index (χ1v) is 9.54. The number of rotatable bonds is 5. The fourth-order valence-corrected chi connectivity index (χ4v) is 3.56. The summed E-state index contributed by atoms with van der Waals surface area (Å²) in [6.45, 7) is 2.67. The molecule has 1 aliphatic heterocycles. The van der Waals surface area contributed by atoms with Crippen LogP contribution in [0.3, 0.4) is 0 Å². The molecule has 2 aliphatic rings. The number of halogens is 3. The average Bonchev–Trinajstić information content (AvgIpc) is 3.41. The van der Waals surface area contributed by atoms with Crippen LogP contribution < -0.4 is 10.3 Å². The highest BCUT2D eigenvalue weighted by Gasteiger charge is 2.33. The molecule has 8 heteroatoms.